The van der Waals surface area contributed by atoms with E-state index < -0.39 is 5.97 Å². The zero-order valence-corrected chi connectivity index (χ0v) is 14.8. The van der Waals surface area contributed by atoms with Crippen LogP contribution in [0.1, 0.15) is 35.9 Å². The van der Waals surface area contributed by atoms with Crippen LogP contribution in [0.25, 0.3) is 22.5 Å². The smallest absolute Gasteiger partial charge is 0.337 e. The molecule has 2 heterocycles. The van der Waals surface area contributed by atoms with Crippen LogP contribution in [-0.4, -0.2) is 25.8 Å². The van der Waals surface area contributed by atoms with Crippen LogP contribution in [-0.2, 0) is 0 Å². The molecule has 6 heteroatoms. The highest BCUT2D eigenvalue weighted by Crippen LogP contribution is 2.31. The van der Waals surface area contributed by atoms with E-state index in [1.807, 2.05) is 44.2 Å². The topological polar surface area (TPSA) is 85.1 Å². The van der Waals surface area contributed by atoms with E-state index in [2.05, 4.69) is 10.1 Å². The maximum absolute atomic E-state index is 12.0. The third-order valence-electron chi connectivity index (χ3n) is 4.08. The summed E-state index contributed by atoms with van der Waals surface area (Å²) in [7, 11) is 0. The summed E-state index contributed by atoms with van der Waals surface area (Å²) in [6, 6.07) is 14.0. The van der Waals surface area contributed by atoms with Crippen LogP contribution in [0.15, 0.2) is 53.3 Å². The van der Waals surface area contributed by atoms with Crippen LogP contribution in [0.2, 0.25) is 0 Å². The van der Waals surface area contributed by atoms with Crippen molar-refractivity contribution in [2.45, 2.75) is 26.8 Å². The summed E-state index contributed by atoms with van der Waals surface area (Å²) >= 11 is 0. The van der Waals surface area contributed by atoms with E-state index >= 15 is 0 Å². The number of carbonyl (C=O) groups is 1. The molecule has 2 aromatic heterocycles. The summed E-state index contributed by atoms with van der Waals surface area (Å²) in [6.07, 6.45) is 0. The summed E-state index contributed by atoms with van der Waals surface area (Å²) in [6.45, 7) is 5.40. The second-order valence-electron chi connectivity index (χ2n) is 6.28. The van der Waals surface area contributed by atoms with Gasteiger partial charge in [0.05, 0.1) is 28.7 Å². The van der Waals surface area contributed by atoms with Gasteiger partial charge in [-0.1, -0.05) is 30.3 Å². The van der Waals surface area contributed by atoms with Crippen LogP contribution in [0.4, 0.5) is 0 Å². The number of pyridine rings is 1. The third-order valence-corrected chi connectivity index (χ3v) is 4.08. The second-order valence-corrected chi connectivity index (χ2v) is 6.28. The SMILES string of the molecule is Cc1nc(-c2ccccc2)c(-c2ccc(=O)n(C(C)C)n2)cc1C(=O)O. The van der Waals surface area contributed by atoms with Crippen molar-refractivity contribution in [3.63, 3.8) is 0 Å². The van der Waals surface area contributed by atoms with Gasteiger partial charge in [0, 0.05) is 17.2 Å². The molecule has 0 saturated carbocycles. The number of nitrogens with zero attached hydrogens (tertiary/aromatic N) is 3. The standard InChI is InChI=1S/C20H19N3O3/c1-12(2)23-18(24)10-9-17(22-23)16-11-15(20(25)26)13(3)21-19(16)14-7-5-4-6-8-14/h4-12H,1-3H3,(H,25,26). The Hall–Kier alpha value is -3.28. The number of carboxylic acid groups (broad SMARTS) is 1. The van der Waals surface area contributed by atoms with Gasteiger partial charge in [-0.25, -0.2) is 9.48 Å². The lowest BCUT2D eigenvalue weighted by molar-refractivity contribution is 0.0695. The molecule has 0 fully saturated rings. The van der Waals surface area contributed by atoms with E-state index in [1.54, 1.807) is 19.1 Å². The van der Waals surface area contributed by atoms with Gasteiger partial charge in [-0.15, -0.1) is 0 Å². The monoisotopic (exact) mass is 349 g/mol. The van der Waals surface area contributed by atoms with Gasteiger partial charge in [-0.3, -0.25) is 9.78 Å². The summed E-state index contributed by atoms with van der Waals surface area (Å²) in [4.78, 5) is 28.1. The van der Waals surface area contributed by atoms with Crippen LogP contribution >= 0.6 is 0 Å². The fourth-order valence-electron chi connectivity index (χ4n) is 2.77. The zero-order chi connectivity index (χ0) is 18.8. The molecule has 0 aliphatic carbocycles. The van der Waals surface area contributed by atoms with Gasteiger partial charge < -0.3 is 5.11 Å². The predicted octanol–water partition coefficient (Wildman–Crippen LogP) is 3.56. The van der Waals surface area contributed by atoms with E-state index in [0.717, 1.165) is 5.56 Å². The maximum Gasteiger partial charge on any atom is 0.337 e. The van der Waals surface area contributed by atoms with Crippen LogP contribution in [0, 0.1) is 6.92 Å². The highest BCUT2D eigenvalue weighted by Gasteiger charge is 2.18. The Labute approximate surface area is 150 Å². The minimum Gasteiger partial charge on any atom is -0.478 e. The summed E-state index contributed by atoms with van der Waals surface area (Å²) in [5.74, 6) is -1.05. The number of rotatable bonds is 4. The Morgan fingerprint density at radius 2 is 1.81 bits per heavy atom. The number of hydrogen-bond donors (Lipinski definition) is 1. The van der Waals surface area contributed by atoms with E-state index in [-0.39, 0.29) is 17.2 Å². The molecule has 3 rings (SSSR count). The van der Waals surface area contributed by atoms with Gasteiger partial charge in [-0.05, 0) is 32.9 Å². The average Bonchev–Trinajstić information content (AvgIpc) is 2.62. The van der Waals surface area contributed by atoms with Gasteiger partial charge in [0.1, 0.15) is 0 Å². The van der Waals surface area contributed by atoms with Gasteiger partial charge in [0.2, 0.25) is 0 Å². The molecule has 0 saturated heterocycles. The van der Waals surface area contributed by atoms with E-state index in [9.17, 15) is 14.7 Å². The Balaban J connectivity index is 2.32. The quantitative estimate of drug-likeness (QED) is 0.778. The Morgan fingerprint density at radius 1 is 1.12 bits per heavy atom. The van der Waals surface area contributed by atoms with Crippen molar-refractivity contribution in [3.8, 4) is 22.5 Å². The van der Waals surface area contributed by atoms with Gasteiger partial charge in [-0.2, -0.15) is 5.10 Å². The highest BCUT2D eigenvalue weighted by atomic mass is 16.4. The number of benzene rings is 1. The third kappa shape index (κ3) is 3.26. The summed E-state index contributed by atoms with van der Waals surface area (Å²) in [5, 5.41) is 13.9. The lowest BCUT2D eigenvalue weighted by Gasteiger charge is -2.14. The highest BCUT2D eigenvalue weighted by molar-refractivity contribution is 5.92. The molecule has 0 bridgehead atoms. The van der Waals surface area contributed by atoms with Gasteiger partial charge in [0.25, 0.3) is 5.56 Å². The lowest BCUT2D eigenvalue weighted by Crippen LogP contribution is -2.24. The van der Waals surface area contributed by atoms with Crippen LogP contribution in [0.3, 0.4) is 0 Å². The van der Waals surface area contributed by atoms with Gasteiger partial charge >= 0.3 is 5.97 Å². The molecule has 132 valence electrons. The van der Waals surface area contributed by atoms with Crippen molar-refractivity contribution < 1.29 is 9.90 Å². The van der Waals surface area contributed by atoms with Crippen molar-refractivity contribution in [2.24, 2.45) is 0 Å². The number of aromatic nitrogens is 3. The number of aryl methyl sites for hydroxylation is 1. The van der Waals surface area contributed by atoms with Crippen LogP contribution < -0.4 is 5.56 Å². The van der Waals surface area contributed by atoms with E-state index in [0.29, 0.717) is 22.6 Å². The number of aromatic carboxylic acids is 1. The van der Waals surface area contributed by atoms with Crippen LogP contribution in [0.5, 0.6) is 0 Å². The summed E-state index contributed by atoms with van der Waals surface area (Å²) in [5.41, 5.74) is 2.91. The molecular formula is C20H19N3O3. The van der Waals surface area contributed by atoms with Crippen molar-refractivity contribution in [1.29, 1.82) is 0 Å². The minimum absolute atomic E-state index is 0.111. The first kappa shape index (κ1) is 17.5. The van der Waals surface area contributed by atoms with Crippen molar-refractivity contribution in [1.82, 2.24) is 14.8 Å². The molecule has 3 aromatic rings. The molecule has 1 aromatic carbocycles. The Bertz CT molecular complexity index is 1020. The molecule has 0 aliphatic rings. The largest absolute Gasteiger partial charge is 0.478 e. The Kier molecular flexibility index (Phi) is 4.67. The molecule has 0 amide bonds. The molecule has 0 spiro atoms. The normalized spacial score (nSPS) is 10.9. The number of carboxylic acids is 1. The molecule has 6 nitrogen and oxygen atoms in total. The molecule has 0 radical (unpaired) electrons. The van der Waals surface area contributed by atoms with Gasteiger partial charge in [0.15, 0.2) is 0 Å². The molecule has 0 atom stereocenters. The van der Waals surface area contributed by atoms with Crippen molar-refractivity contribution >= 4 is 5.97 Å². The van der Waals surface area contributed by atoms with E-state index in [4.69, 9.17) is 0 Å². The zero-order valence-electron chi connectivity index (χ0n) is 14.8. The first-order chi connectivity index (χ1) is 12.4. The number of hydrogen-bond acceptors (Lipinski definition) is 4. The molecule has 1 N–H and O–H groups in total. The fourth-order valence-corrected chi connectivity index (χ4v) is 2.77. The average molecular weight is 349 g/mol. The molecule has 26 heavy (non-hydrogen) atoms. The van der Waals surface area contributed by atoms with E-state index in [1.165, 1.54) is 10.7 Å². The molecule has 0 aliphatic heterocycles. The first-order valence-corrected chi connectivity index (χ1v) is 8.29. The minimum atomic E-state index is -1.05. The predicted molar refractivity (Wildman–Crippen MR) is 99.2 cm³/mol. The molecular weight excluding hydrogens is 330 g/mol. The first-order valence-electron chi connectivity index (χ1n) is 8.29. The fraction of sp³-hybridized carbons (Fsp3) is 0.200. The molecule has 0 unspecified atom stereocenters. The van der Waals surface area contributed by atoms with Crippen molar-refractivity contribution in [2.75, 3.05) is 0 Å². The second kappa shape index (κ2) is 6.92. The summed E-state index contributed by atoms with van der Waals surface area (Å²) < 4.78 is 1.38. The maximum atomic E-state index is 12.0. The lowest BCUT2D eigenvalue weighted by atomic mass is 10.00. The Morgan fingerprint density at radius 3 is 2.42 bits per heavy atom. The van der Waals surface area contributed by atoms with Crippen molar-refractivity contribution in [3.05, 3.63) is 70.1 Å².